The number of hydrogen-bond donors (Lipinski definition) is 3. The molecule has 5 heteroatoms. The standard InChI is InChI=1S/C23H19ClFN3/c24-14-6-7-16(19(25)11-14)22-18-9-12-3-1-2-4-15(12)21(18)17-10-13(23(26)27)5-8-20(17)28-22/h1-8,10-11,18,21-22,28H,9H2,(H3,26,27). The van der Waals surface area contributed by atoms with Gasteiger partial charge in [0.25, 0.3) is 0 Å². The number of nitrogen functional groups attached to an aromatic ring is 1. The molecule has 0 amide bonds. The fourth-order valence-corrected chi connectivity index (χ4v) is 4.95. The van der Waals surface area contributed by atoms with Crippen molar-refractivity contribution < 1.29 is 4.39 Å². The molecule has 3 aromatic carbocycles. The van der Waals surface area contributed by atoms with Gasteiger partial charge in [-0.2, -0.15) is 0 Å². The molecule has 3 nitrogen and oxygen atoms in total. The largest absolute Gasteiger partial charge is 0.384 e. The Morgan fingerprint density at radius 2 is 1.86 bits per heavy atom. The van der Waals surface area contributed by atoms with Crippen LogP contribution in [-0.4, -0.2) is 5.84 Å². The van der Waals surface area contributed by atoms with E-state index in [4.69, 9.17) is 22.7 Å². The zero-order valence-corrected chi connectivity index (χ0v) is 15.8. The monoisotopic (exact) mass is 391 g/mol. The summed E-state index contributed by atoms with van der Waals surface area (Å²) in [5.74, 6) is 0.0645. The molecule has 1 aliphatic carbocycles. The molecule has 0 saturated carbocycles. The molecule has 4 N–H and O–H groups in total. The van der Waals surface area contributed by atoms with Gasteiger partial charge in [0.1, 0.15) is 11.7 Å². The van der Waals surface area contributed by atoms with E-state index < -0.39 is 0 Å². The van der Waals surface area contributed by atoms with Crippen molar-refractivity contribution in [3.05, 3.63) is 99.3 Å². The van der Waals surface area contributed by atoms with E-state index in [-0.39, 0.29) is 29.5 Å². The van der Waals surface area contributed by atoms with Crippen molar-refractivity contribution in [1.82, 2.24) is 0 Å². The molecular weight excluding hydrogens is 373 g/mol. The van der Waals surface area contributed by atoms with Crippen LogP contribution in [0, 0.1) is 17.1 Å². The maximum absolute atomic E-state index is 14.8. The van der Waals surface area contributed by atoms with Crippen LogP contribution in [0.4, 0.5) is 10.1 Å². The van der Waals surface area contributed by atoms with Crippen LogP contribution < -0.4 is 11.1 Å². The third-order valence-corrected chi connectivity index (χ3v) is 6.24. The Bertz CT molecular complexity index is 1110. The second-order valence-electron chi connectivity index (χ2n) is 7.55. The van der Waals surface area contributed by atoms with Crippen molar-refractivity contribution in [3.63, 3.8) is 0 Å². The number of hydrogen-bond acceptors (Lipinski definition) is 2. The average molecular weight is 392 g/mol. The van der Waals surface area contributed by atoms with Gasteiger partial charge in [-0.05, 0) is 59.4 Å². The number of amidine groups is 1. The molecule has 0 radical (unpaired) electrons. The maximum Gasteiger partial charge on any atom is 0.129 e. The lowest BCUT2D eigenvalue weighted by molar-refractivity contribution is 0.409. The predicted octanol–water partition coefficient (Wildman–Crippen LogP) is 5.23. The highest BCUT2D eigenvalue weighted by Crippen LogP contribution is 2.54. The van der Waals surface area contributed by atoms with Crippen LogP contribution in [0.5, 0.6) is 0 Å². The van der Waals surface area contributed by atoms with Gasteiger partial charge >= 0.3 is 0 Å². The number of rotatable bonds is 2. The Morgan fingerprint density at radius 3 is 2.64 bits per heavy atom. The summed E-state index contributed by atoms with van der Waals surface area (Å²) in [6.07, 6.45) is 0.865. The molecule has 0 aromatic heterocycles. The molecule has 3 unspecified atom stereocenters. The van der Waals surface area contributed by atoms with Gasteiger partial charge in [-0.1, -0.05) is 41.9 Å². The molecule has 0 saturated heterocycles. The zero-order valence-electron chi connectivity index (χ0n) is 15.0. The van der Waals surface area contributed by atoms with E-state index >= 15 is 0 Å². The lowest BCUT2D eigenvalue weighted by Gasteiger charge is -2.38. The summed E-state index contributed by atoms with van der Waals surface area (Å²) in [7, 11) is 0. The highest BCUT2D eigenvalue weighted by atomic mass is 35.5. The highest BCUT2D eigenvalue weighted by Gasteiger charge is 2.44. The van der Waals surface area contributed by atoms with E-state index in [1.807, 2.05) is 24.3 Å². The van der Waals surface area contributed by atoms with Crippen molar-refractivity contribution in [2.75, 3.05) is 5.32 Å². The van der Waals surface area contributed by atoms with Crippen LogP contribution in [-0.2, 0) is 6.42 Å². The number of nitrogens with two attached hydrogens (primary N) is 1. The predicted molar refractivity (Wildman–Crippen MR) is 111 cm³/mol. The van der Waals surface area contributed by atoms with Gasteiger partial charge in [-0.3, -0.25) is 5.41 Å². The number of benzene rings is 3. The third kappa shape index (κ3) is 2.60. The molecule has 1 aliphatic heterocycles. The minimum atomic E-state index is -0.288. The summed E-state index contributed by atoms with van der Waals surface area (Å²) >= 11 is 5.98. The Kier molecular flexibility index (Phi) is 3.91. The Hall–Kier alpha value is -2.85. The van der Waals surface area contributed by atoms with Crippen LogP contribution in [0.1, 0.15) is 39.8 Å². The normalized spacial score (nSPS) is 22.0. The maximum atomic E-state index is 14.8. The summed E-state index contributed by atoms with van der Waals surface area (Å²) in [4.78, 5) is 0. The number of fused-ring (bicyclic) bond motifs is 5. The first-order valence-electron chi connectivity index (χ1n) is 9.30. The van der Waals surface area contributed by atoms with Gasteiger partial charge < -0.3 is 11.1 Å². The van der Waals surface area contributed by atoms with Crippen LogP contribution in [0.2, 0.25) is 5.02 Å². The number of nitrogens with one attached hydrogen (secondary N) is 2. The van der Waals surface area contributed by atoms with Crippen LogP contribution in [0.25, 0.3) is 0 Å². The minimum absolute atomic E-state index is 0.0523. The smallest absolute Gasteiger partial charge is 0.129 e. The van der Waals surface area contributed by atoms with Crippen LogP contribution in [0.15, 0.2) is 60.7 Å². The molecule has 28 heavy (non-hydrogen) atoms. The summed E-state index contributed by atoms with van der Waals surface area (Å²) < 4.78 is 14.8. The van der Waals surface area contributed by atoms with Gasteiger partial charge in [0.15, 0.2) is 0 Å². The van der Waals surface area contributed by atoms with Crippen molar-refractivity contribution in [3.8, 4) is 0 Å². The van der Waals surface area contributed by atoms with E-state index in [1.165, 1.54) is 17.2 Å². The number of halogens is 2. The molecule has 1 heterocycles. The fourth-order valence-electron chi connectivity index (χ4n) is 4.79. The Labute approximate surface area is 167 Å². The first kappa shape index (κ1) is 17.3. The van der Waals surface area contributed by atoms with Gasteiger partial charge in [0.2, 0.25) is 0 Å². The average Bonchev–Trinajstić information content (AvgIpc) is 3.07. The Morgan fingerprint density at radius 1 is 1.04 bits per heavy atom. The van der Waals surface area contributed by atoms with Crippen molar-refractivity contribution in [2.45, 2.75) is 18.4 Å². The molecule has 5 rings (SSSR count). The highest BCUT2D eigenvalue weighted by molar-refractivity contribution is 6.30. The van der Waals surface area contributed by atoms with E-state index in [9.17, 15) is 4.39 Å². The van der Waals surface area contributed by atoms with Crippen LogP contribution in [0.3, 0.4) is 0 Å². The molecule has 140 valence electrons. The minimum Gasteiger partial charge on any atom is -0.384 e. The van der Waals surface area contributed by atoms with E-state index in [0.717, 1.165) is 17.7 Å². The molecular formula is C23H19ClFN3. The van der Waals surface area contributed by atoms with Gasteiger partial charge in [-0.25, -0.2) is 4.39 Å². The van der Waals surface area contributed by atoms with Crippen molar-refractivity contribution in [2.24, 2.45) is 11.7 Å². The molecule has 3 aromatic rings. The Balaban J connectivity index is 1.70. The zero-order chi connectivity index (χ0) is 19.4. The summed E-state index contributed by atoms with van der Waals surface area (Å²) in [6, 6.07) is 18.9. The van der Waals surface area contributed by atoms with Crippen molar-refractivity contribution in [1.29, 1.82) is 5.41 Å². The first-order valence-corrected chi connectivity index (χ1v) is 9.68. The molecule has 0 spiro atoms. The second-order valence-corrected chi connectivity index (χ2v) is 7.98. The van der Waals surface area contributed by atoms with Gasteiger partial charge in [0.05, 0.1) is 6.04 Å². The van der Waals surface area contributed by atoms with E-state index in [0.29, 0.717) is 16.1 Å². The summed E-state index contributed by atoms with van der Waals surface area (Å²) in [6.45, 7) is 0. The van der Waals surface area contributed by atoms with E-state index in [1.54, 1.807) is 12.1 Å². The molecule has 3 atom stereocenters. The lowest BCUT2D eigenvalue weighted by Crippen LogP contribution is -2.31. The molecule has 0 fully saturated rings. The SMILES string of the molecule is N=C(N)c1ccc2c(c1)C1c3ccccc3CC1C(c1ccc(Cl)cc1F)N2. The van der Waals surface area contributed by atoms with Gasteiger partial charge in [0, 0.05) is 27.8 Å². The fraction of sp³-hybridized carbons (Fsp3) is 0.174. The molecule has 0 bridgehead atoms. The summed E-state index contributed by atoms with van der Waals surface area (Å²) in [5.41, 5.74) is 11.7. The molecule has 2 aliphatic rings. The quantitative estimate of drug-likeness (QED) is 0.413. The van der Waals surface area contributed by atoms with Crippen molar-refractivity contribution >= 4 is 23.1 Å². The van der Waals surface area contributed by atoms with E-state index in [2.05, 4.69) is 23.5 Å². The summed E-state index contributed by atoms with van der Waals surface area (Å²) in [5, 5.41) is 11.8. The third-order valence-electron chi connectivity index (χ3n) is 6.01. The second kappa shape index (κ2) is 6.35. The number of anilines is 1. The topological polar surface area (TPSA) is 61.9 Å². The lowest BCUT2D eigenvalue weighted by atomic mass is 9.75. The van der Waals surface area contributed by atoms with Gasteiger partial charge in [-0.15, -0.1) is 0 Å². The first-order chi connectivity index (χ1) is 13.5. The van der Waals surface area contributed by atoms with Crippen LogP contribution >= 0.6 is 11.6 Å².